The molecule has 0 aliphatic rings. The maximum absolute atomic E-state index is 10.9. The third-order valence-electron chi connectivity index (χ3n) is 3.88. The standard InChI is InChI=1S/C20H20N4O2/c1-3-14-4-8-17(9-5-14)23-20-21-13(2)12-18(24-20)22-16-10-6-15(7-11-16)19(25)26/h4-12H,3H2,1-2H3,(H,25,26)(H2,21,22,23,24). The minimum absolute atomic E-state index is 0.243. The first kappa shape index (κ1) is 17.4. The Bertz CT molecular complexity index is 906. The van der Waals surface area contributed by atoms with E-state index in [-0.39, 0.29) is 5.56 Å². The number of nitrogens with zero attached hydrogens (tertiary/aromatic N) is 2. The van der Waals surface area contributed by atoms with Crippen LogP contribution >= 0.6 is 0 Å². The Kier molecular flexibility index (Phi) is 5.12. The summed E-state index contributed by atoms with van der Waals surface area (Å²) in [5.41, 5.74) is 4.01. The van der Waals surface area contributed by atoms with Crippen LogP contribution in [0.3, 0.4) is 0 Å². The first-order valence-electron chi connectivity index (χ1n) is 8.35. The number of anilines is 4. The normalized spacial score (nSPS) is 10.4. The number of nitrogens with one attached hydrogen (secondary N) is 2. The number of hydrogen-bond donors (Lipinski definition) is 3. The second-order valence-electron chi connectivity index (χ2n) is 5.90. The van der Waals surface area contributed by atoms with E-state index < -0.39 is 5.97 Å². The highest BCUT2D eigenvalue weighted by Crippen LogP contribution is 2.20. The Labute approximate surface area is 152 Å². The lowest BCUT2D eigenvalue weighted by Crippen LogP contribution is -2.03. The SMILES string of the molecule is CCc1ccc(Nc2nc(C)cc(Nc3ccc(C(=O)O)cc3)n2)cc1. The summed E-state index contributed by atoms with van der Waals surface area (Å²) < 4.78 is 0. The highest BCUT2D eigenvalue weighted by Gasteiger charge is 2.05. The molecular formula is C20H20N4O2. The Hall–Kier alpha value is -3.41. The molecule has 2 aromatic carbocycles. The molecule has 0 radical (unpaired) electrons. The summed E-state index contributed by atoms with van der Waals surface area (Å²) in [5, 5.41) is 15.3. The Balaban J connectivity index is 1.77. The van der Waals surface area contributed by atoms with E-state index in [0.29, 0.717) is 11.8 Å². The molecule has 0 saturated heterocycles. The molecular weight excluding hydrogens is 328 g/mol. The van der Waals surface area contributed by atoms with Gasteiger partial charge < -0.3 is 15.7 Å². The van der Waals surface area contributed by atoms with Crippen LogP contribution in [-0.2, 0) is 6.42 Å². The van der Waals surface area contributed by atoms with Crippen LogP contribution in [0.2, 0.25) is 0 Å². The second-order valence-corrected chi connectivity index (χ2v) is 5.90. The number of aromatic carboxylic acids is 1. The van der Waals surface area contributed by atoms with Gasteiger partial charge in [0.05, 0.1) is 5.56 Å². The maximum Gasteiger partial charge on any atom is 0.335 e. The van der Waals surface area contributed by atoms with Crippen molar-refractivity contribution in [1.29, 1.82) is 0 Å². The fraction of sp³-hybridized carbons (Fsp3) is 0.150. The quantitative estimate of drug-likeness (QED) is 0.606. The van der Waals surface area contributed by atoms with Crippen molar-refractivity contribution in [3.63, 3.8) is 0 Å². The van der Waals surface area contributed by atoms with Crippen LogP contribution in [-0.4, -0.2) is 21.0 Å². The third kappa shape index (κ3) is 4.36. The van der Waals surface area contributed by atoms with Crippen LogP contribution in [0.25, 0.3) is 0 Å². The van der Waals surface area contributed by atoms with Crippen LogP contribution in [0.1, 0.15) is 28.5 Å². The number of carbonyl (C=O) groups is 1. The molecule has 6 heteroatoms. The average molecular weight is 348 g/mol. The summed E-state index contributed by atoms with van der Waals surface area (Å²) in [6.45, 7) is 4.01. The minimum atomic E-state index is -0.949. The molecule has 0 bridgehead atoms. The zero-order valence-corrected chi connectivity index (χ0v) is 14.7. The van der Waals surface area contributed by atoms with Gasteiger partial charge in [-0.1, -0.05) is 19.1 Å². The van der Waals surface area contributed by atoms with Gasteiger partial charge in [0, 0.05) is 23.1 Å². The predicted molar refractivity (Wildman–Crippen MR) is 103 cm³/mol. The van der Waals surface area contributed by atoms with Gasteiger partial charge in [-0.3, -0.25) is 0 Å². The van der Waals surface area contributed by atoms with Crippen molar-refractivity contribution in [3.05, 3.63) is 71.4 Å². The molecule has 0 fully saturated rings. The third-order valence-corrected chi connectivity index (χ3v) is 3.88. The second kappa shape index (κ2) is 7.65. The van der Waals surface area contributed by atoms with Crippen LogP contribution in [0, 0.1) is 6.92 Å². The molecule has 26 heavy (non-hydrogen) atoms. The van der Waals surface area contributed by atoms with Gasteiger partial charge >= 0.3 is 5.97 Å². The van der Waals surface area contributed by atoms with Crippen LogP contribution in [0.5, 0.6) is 0 Å². The van der Waals surface area contributed by atoms with Crippen molar-refractivity contribution in [1.82, 2.24) is 9.97 Å². The highest BCUT2D eigenvalue weighted by molar-refractivity contribution is 5.88. The van der Waals surface area contributed by atoms with Gasteiger partial charge in [0.1, 0.15) is 5.82 Å². The molecule has 0 saturated carbocycles. The van der Waals surface area contributed by atoms with Crippen molar-refractivity contribution in [2.75, 3.05) is 10.6 Å². The smallest absolute Gasteiger partial charge is 0.335 e. The van der Waals surface area contributed by atoms with Crippen LogP contribution in [0.15, 0.2) is 54.6 Å². The van der Waals surface area contributed by atoms with E-state index in [2.05, 4.69) is 39.7 Å². The molecule has 0 spiro atoms. The van der Waals surface area contributed by atoms with Crippen molar-refractivity contribution in [2.45, 2.75) is 20.3 Å². The summed E-state index contributed by atoms with van der Waals surface area (Å²) in [7, 11) is 0. The van der Waals surface area contributed by atoms with E-state index in [1.807, 2.05) is 25.1 Å². The van der Waals surface area contributed by atoms with Crippen LogP contribution in [0.4, 0.5) is 23.1 Å². The topological polar surface area (TPSA) is 87.1 Å². The van der Waals surface area contributed by atoms with Crippen molar-refractivity contribution < 1.29 is 9.90 Å². The number of aromatic nitrogens is 2. The number of carboxylic acid groups (broad SMARTS) is 1. The van der Waals surface area contributed by atoms with E-state index in [1.165, 1.54) is 5.56 Å². The highest BCUT2D eigenvalue weighted by atomic mass is 16.4. The van der Waals surface area contributed by atoms with Gasteiger partial charge in [-0.25, -0.2) is 9.78 Å². The lowest BCUT2D eigenvalue weighted by molar-refractivity contribution is 0.0697. The van der Waals surface area contributed by atoms with Gasteiger partial charge in [-0.15, -0.1) is 0 Å². The van der Waals surface area contributed by atoms with E-state index in [0.717, 1.165) is 23.5 Å². The molecule has 1 heterocycles. The first-order chi connectivity index (χ1) is 12.5. The summed E-state index contributed by atoms with van der Waals surface area (Å²) in [4.78, 5) is 19.8. The Morgan fingerprint density at radius 1 is 0.962 bits per heavy atom. The molecule has 3 rings (SSSR count). The molecule has 0 aliphatic carbocycles. The number of carboxylic acids is 1. The van der Waals surface area contributed by atoms with E-state index >= 15 is 0 Å². The average Bonchev–Trinajstić information content (AvgIpc) is 2.62. The molecule has 0 aliphatic heterocycles. The van der Waals surface area contributed by atoms with Gasteiger partial charge in [0.15, 0.2) is 0 Å². The fourth-order valence-corrected chi connectivity index (χ4v) is 2.49. The molecule has 3 aromatic rings. The summed E-state index contributed by atoms with van der Waals surface area (Å²) in [6.07, 6.45) is 0.996. The van der Waals surface area contributed by atoms with E-state index in [9.17, 15) is 4.79 Å². The molecule has 6 nitrogen and oxygen atoms in total. The van der Waals surface area contributed by atoms with E-state index in [4.69, 9.17) is 5.11 Å². The number of aryl methyl sites for hydroxylation is 2. The van der Waals surface area contributed by atoms with Crippen LogP contribution < -0.4 is 10.6 Å². The molecule has 1 aromatic heterocycles. The Morgan fingerprint density at radius 2 is 1.58 bits per heavy atom. The van der Waals surface area contributed by atoms with Crippen molar-refractivity contribution in [3.8, 4) is 0 Å². The predicted octanol–water partition coefficient (Wildman–Crippen LogP) is 4.53. The maximum atomic E-state index is 10.9. The molecule has 0 unspecified atom stereocenters. The minimum Gasteiger partial charge on any atom is -0.478 e. The summed E-state index contributed by atoms with van der Waals surface area (Å²) in [6, 6.07) is 16.5. The molecule has 132 valence electrons. The number of rotatable bonds is 6. The van der Waals surface area contributed by atoms with Crippen molar-refractivity contribution in [2.24, 2.45) is 0 Å². The lowest BCUT2D eigenvalue weighted by atomic mass is 10.1. The molecule has 3 N–H and O–H groups in total. The van der Waals surface area contributed by atoms with Gasteiger partial charge in [0.2, 0.25) is 5.95 Å². The van der Waals surface area contributed by atoms with Gasteiger partial charge in [0.25, 0.3) is 0 Å². The Morgan fingerprint density at radius 3 is 2.19 bits per heavy atom. The zero-order valence-electron chi connectivity index (χ0n) is 14.7. The molecule has 0 atom stereocenters. The zero-order chi connectivity index (χ0) is 18.5. The monoisotopic (exact) mass is 348 g/mol. The summed E-state index contributed by atoms with van der Waals surface area (Å²) in [5.74, 6) is 0.183. The fourth-order valence-electron chi connectivity index (χ4n) is 2.49. The molecule has 0 amide bonds. The van der Waals surface area contributed by atoms with Gasteiger partial charge in [-0.2, -0.15) is 4.98 Å². The van der Waals surface area contributed by atoms with E-state index in [1.54, 1.807) is 24.3 Å². The number of hydrogen-bond acceptors (Lipinski definition) is 5. The summed E-state index contributed by atoms with van der Waals surface area (Å²) >= 11 is 0. The lowest BCUT2D eigenvalue weighted by Gasteiger charge is -2.10. The largest absolute Gasteiger partial charge is 0.478 e. The van der Waals surface area contributed by atoms with Crippen molar-refractivity contribution >= 4 is 29.1 Å². The number of benzene rings is 2. The van der Waals surface area contributed by atoms with Gasteiger partial charge in [-0.05, 0) is 55.3 Å². The first-order valence-corrected chi connectivity index (χ1v) is 8.35.